The summed E-state index contributed by atoms with van der Waals surface area (Å²) < 4.78 is 0. The summed E-state index contributed by atoms with van der Waals surface area (Å²) in [6.45, 7) is 0. The van der Waals surface area contributed by atoms with Crippen LogP contribution < -0.4 is 5.48 Å². The van der Waals surface area contributed by atoms with E-state index in [-0.39, 0.29) is 0 Å². The molecular formula is C12H17NO. The van der Waals surface area contributed by atoms with E-state index in [2.05, 4.69) is 17.6 Å². The Morgan fingerprint density at radius 1 is 1.00 bits per heavy atom. The third-order valence-corrected chi connectivity index (χ3v) is 3.12. The van der Waals surface area contributed by atoms with Gasteiger partial charge in [0.15, 0.2) is 0 Å². The zero-order chi connectivity index (χ0) is 9.80. The summed E-state index contributed by atoms with van der Waals surface area (Å²) >= 11 is 0. The molecule has 1 aliphatic rings. The van der Waals surface area contributed by atoms with Crippen molar-refractivity contribution in [2.24, 2.45) is 0 Å². The molecule has 0 spiro atoms. The van der Waals surface area contributed by atoms with E-state index in [0.717, 1.165) is 11.6 Å². The van der Waals surface area contributed by atoms with Gasteiger partial charge in [-0.2, -0.15) is 0 Å². The lowest BCUT2D eigenvalue weighted by Gasteiger charge is -2.21. The molecule has 0 saturated heterocycles. The quantitative estimate of drug-likeness (QED) is 0.701. The molecule has 2 heteroatoms. The van der Waals surface area contributed by atoms with Crippen LogP contribution in [0.2, 0.25) is 0 Å². The Bertz CT molecular complexity index is 275. The summed E-state index contributed by atoms with van der Waals surface area (Å²) in [6.07, 6.45) is 6.78. The SMILES string of the molecule is ONc1ccc(C2CCCCC2)cc1. The third kappa shape index (κ3) is 2.07. The predicted molar refractivity (Wildman–Crippen MR) is 57.7 cm³/mol. The Hall–Kier alpha value is -1.02. The molecule has 76 valence electrons. The minimum Gasteiger partial charge on any atom is -0.291 e. The van der Waals surface area contributed by atoms with Crippen molar-refractivity contribution in [1.82, 2.24) is 0 Å². The van der Waals surface area contributed by atoms with Crippen LogP contribution in [0.1, 0.15) is 43.6 Å². The van der Waals surface area contributed by atoms with Crippen molar-refractivity contribution >= 4 is 5.69 Å². The molecule has 1 saturated carbocycles. The summed E-state index contributed by atoms with van der Waals surface area (Å²) in [4.78, 5) is 0. The first-order chi connectivity index (χ1) is 6.90. The molecule has 1 aromatic carbocycles. The predicted octanol–water partition coefficient (Wildman–Crippen LogP) is 3.54. The average Bonchev–Trinajstić information content (AvgIpc) is 2.30. The van der Waals surface area contributed by atoms with Crippen LogP contribution >= 0.6 is 0 Å². The van der Waals surface area contributed by atoms with Gasteiger partial charge in [-0.25, -0.2) is 0 Å². The highest BCUT2D eigenvalue weighted by Gasteiger charge is 2.14. The molecule has 0 heterocycles. The maximum absolute atomic E-state index is 8.69. The molecule has 1 fully saturated rings. The first-order valence-corrected chi connectivity index (χ1v) is 5.40. The second kappa shape index (κ2) is 4.47. The third-order valence-electron chi connectivity index (χ3n) is 3.12. The first-order valence-electron chi connectivity index (χ1n) is 5.40. The molecule has 1 aliphatic carbocycles. The second-order valence-electron chi connectivity index (χ2n) is 4.07. The summed E-state index contributed by atoms with van der Waals surface area (Å²) in [7, 11) is 0. The van der Waals surface area contributed by atoms with E-state index in [1.165, 1.54) is 37.7 Å². The van der Waals surface area contributed by atoms with Gasteiger partial charge in [0.25, 0.3) is 0 Å². The van der Waals surface area contributed by atoms with Crippen LogP contribution in [0.25, 0.3) is 0 Å². The van der Waals surface area contributed by atoms with Crippen molar-refractivity contribution in [1.29, 1.82) is 0 Å². The van der Waals surface area contributed by atoms with Crippen LogP contribution in [0.3, 0.4) is 0 Å². The monoisotopic (exact) mass is 191 g/mol. The molecule has 1 aromatic rings. The van der Waals surface area contributed by atoms with Crippen LogP contribution in [0.4, 0.5) is 5.69 Å². The van der Waals surface area contributed by atoms with Crippen molar-refractivity contribution < 1.29 is 5.21 Å². The minimum absolute atomic E-state index is 0.747. The van der Waals surface area contributed by atoms with E-state index in [0.29, 0.717) is 0 Å². The fraction of sp³-hybridized carbons (Fsp3) is 0.500. The van der Waals surface area contributed by atoms with Crippen molar-refractivity contribution in [2.75, 3.05) is 5.48 Å². The highest BCUT2D eigenvalue weighted by molar-refractivity contribution is 5.43. The van der Waals surface area contributed by atoms with Gasteiger partial charge in [-0.1, -0.05) is 31.4 Å². The van der Waals surface area contributed by atoms with Crippen LogP contribution in [-0.2, 0) is 0 Å². The lowest BCUT2D eigenvalue weighted by atomic mass is 9.84. The summed E-state index contributed by atoms with van der Waals surface area (Å²) in [5.74, 6) is 0.747. The summed E-state index contributed by atoms with van der Waals surface area (Å²) in [5, 5.41) is 8.69. The Labute approximate surface area is 84.9 Å². The van der Waals surface area contributed by atoms with Crippen LogP contribution in [-0.4, -0.2) is 5.21 Å². The highest BCUT2D eigenvalue weighted by Crippen LogP contribution is 2.32. The topological polar surface area (TPSA) is 32.3 Å². The smallest absolute Gasteiger partial charge is 0.0602 e. The zero-order valence-electron chi connectivity index (χ0n) is 8.37. The molecule has 2 nitrogen and oxygen atoms in total. The van der Waals surface area contributed by atoms with Crippen molar-refractivity contribution in [3.63, 3.8) is 0 Å². The average molecular weight is 191 g/mol. The van der Waals surface area contributed by atoms with Crippen LogP contribution in [0.5, 0.6) is 0 Å². The number of anilines is 1. The maximum atomic E-state index is 8.69. The number of nitrogens with one attached hydrogen (secondary N) is 1. The fourth-order valence-electron chi connectivity index (χ4n) is 2.27. The first kappa shape index (κ1) is 9.53. The number of hydrogen-bond acceptors (Lipinski definition) is 2. The lowest BCUT2D eigenvalue weighted by Crippen LogP contribution is -2.04. The number of rotatable bonds is 2. The van der Waals surface area contributed by atoms with Crippen molar-refractivity contribution in [3.05, 3.63) is 29.8 Å². The molecule has 0 radical (unpaired) electrons. The molecule has 0 atom stereocenters. The maximum Gasteiger partial charge on any atom is 0.0602 e. The van der Waals surface area contributed by atoms with E-state index in [4.69, 9.17) is 5.21 Å². The standard InChI is InChI=1S/C12H17NO/c14-13-12-8-6-11(7-9-12)10-4-2-1-3-5-10/h6-10,13-14H,1-5H2. The Morgan fingerprint density at radius 3 is 2.21 bits per heavy atom. The van der Waals surface area contributed by atoms with E-state index >= 15 is 0 Å². The minimum atomic E-state index is 0.747. The lowest BCUT2D eigenvalue weighted by molar-refractivity contribution is 0.389. The zero-order valence-corrected chi connectivity index (χ0v) is 8.37. The van der Waals surface area contributed by atoms with Crippen molar-refractivity contribution in [2.45, 2.75) is 38.0 Å². The molecule has 0 aliphatic heterocycles. The molecule has 14 heavy (non-hydrogen) atoms. The van der Waals surface area contributed by atoms with Gasteiger partial charge in [0.1, 0.15) is 0 Å². The van der Waals surface area contributed by atoms with Crippen LogP contribution in [0.15, 0.2) is 24.3 Å². The largest absolute Gasteiger partial charge is 0.291 e. The second-order valence-corrected chi connectivity index (χ2v) is 4.07. The molecule has 2 N–H and O–H groups in total. The fourth-order valence-corrected chi connectivity index (χ4v) is 2.27. The van der Waals surface area contributed by atoms with E-state index in [1.54, 1.807) is 0 Å². The Morgan fingerprint density at radius 2 is 1.64 bits per heavy atom. The summed E-state index contributed by atoms with van der Waals surface area (Å²) in [6, 6.07) is 8.11. The molecule has 0 bridgehead atoms. The number of benzene rings is 1. The van der Waals surface area contributed by atoms with Gasteiger partial charge in [-0.05, 0) is 36.5 Å². The van der Waals surface area contributed by atoms with Crippen LogP contribution in [0, 0.1) is 0 Å². The molecule has 2 rings (SSSR count). The normalized spacial score (nSPS) is 18.1. The Balaban J connectivity index is 2.07. The molecule has 0 amide bonds. The van der Waals surface area contributed by atoms with E-state index in [9.17, 15) is 0 Å². The molecule has 0 aromatic heterocycles. The highest BCUT2D eigenvalue weighted by atomic mass is 16.5. The van der Waals surface area contributed by atoms with Gasteiger partial charge in [0.2, 0.25) is 0 Å². The number of hydrogen-bond donors (Lipinski definition) is 2. The summed E-state index contributed by atoms with van der Waals surface area (Å²) in [5.41, 5.74) is 4.35. The molecular weight excluding hydrogens is 174 g/mol. The van der Waals surface area contributed by atoms with Gasteiger partial charge in [0.05, 0.1) is 5.69 Å². The van der Waals surface area contributed by atoms with Gasteiger partial charge < -0.3 is 0 Å². The van der Waals surface area contributed by atoms with Gasteiger partial charge in [-0.3, -0.25) is 10.7 Å². The van der Waals surface area contributed by atoms with Gasteiger partial charge >= 0.3 is 0 Å². The van der Waals surface area contributed by atoms with E-state index < -0.39 is 0 Å². The molecule has 0 unspecified atom stereocenters. The van der Waals surface area contributed by atoms with Gasteiger partial charge in [0, 0.05) is 0 Å². The van der Waals surface area contributed by atoms with Gasteiger partial charge in [-0.15, -0.1) is 0 Å². The van der Waals surface area contributed by atoms with E-state index in [1.807, 2.05) is 12.1 Å². The Kier molecular flexibility index (Phi) is 3.04. The van der Waals surface area contributed by atoms with Crippen molar-refractivity contribution in [3.8, 4) is 0 Å².